The van der Waals surface area contributed by atoms with E-state index in [-0.39, 0.29) is 18.2 Å². The Morgan fingerprint density at radius 3 is 2.93 bits per heavy atom. The summed E-state index contributed by atoms with van der Waals surface area (Å²) in [5.74, 6) is 1.08. The highest BCUT2D eigenvalue weighted by Gasteiger charge is 2.32. The van der Waals surface area contributed by atoms with Crippen molar-refractivity contribution in [2.24, 2.45) is 5.92 Å². The summed E-state index contributed by atoms with van der Waals surface area (Å²) in [6.07, 6.45) is 3.83. The zero-order chi connectivity index (χ0) is 21.7. The third-order valence-electron chi connectivity index (χ3n) is 5.21. The predicted octanol–water partition coefficient (Wildman–Crippen LogP) is 1.69. The molecule has 2 amide bonds. The van der Waals surface area contributed by atoms with Crippen LogP contribution in [0.3, 0.4) is 0 Å². The molecular weight excluding hydrogens is 382 g/mol. The van der Waals surface area contributed by atoms with Crippen LogP contribution in [0.1, 0.15) is 25.8 Å². The number of nitrogens with one attached hydrogen (secondary N) is 1. The Kier molecular flexibility index (Phi) is 7.10. The number of benzene rings is 1. The lowest BCUT2D eigenvalue weighted by molar-refractivity contribution is -0.138. The second-order valence-electron chi connectivity index (χ2n) is 8.14. The lowest BCUT2D eigenvalue weighted by Gasteiger charge is -2.36. The predicted molar refractivity (Wildman–Crippen MR) is 114 cm³/mol. The maximum atomic E-state index is 12.8. The van der Waals surface area contributed by atoms with Gasteiger partial charge in [-0.3, -0.25) is 14.5 Å². The van der Waals surface area contributed by atoms with Crippen molar-refractivity contribution < 1.29 is 14.3 Å². The standard InChI is InChI=1S/C22H31N5O3/c1-16(2)13-26-9-8-23-22(29)20(26)11-21(28)25(3)14-17-12-24-27(15-17)18-6-5-7-19(10-18)30-4/h5-7,10,12,15-16,20H,8-9,11,13-14H2,1-4H3,(H,23,29)/t20-/m0/s1. The van der Waals surface area contributed by atoms with E-state index in [0.29, 0.717) is 19.0 Å². The molecule has 1 saturated heterocycles. The third kappa shape index (κ3) is 5.38. The van der Waals surface area contributed by atoms with Gasteiger partial charge in [0.15, 0.2) is 0 Å². The van der Waals surface area contributed by atoms with Crippen molar-refractivity contribution in [3.8, 4) is 11.4 Å². The number of carbonyl (C=O) groups excluding carboxylic acids is 2. The largest absolute Gasteiger partial charge is 0.497 e. The number of hydrogen-bond acceptors (Lipinski definition) is 5. The summed E-state index contributed by atoms with van der Waals surface area (Å²) in [5, 5.41) is 7.28. The molecule has 0 saturated carbocycles. The van der Waals surface area contributed by atoms with Gasteiger partial charge in [0.25, 0.3) is 0 Å². The van der Waals surface area contributed by atoms with Gasteiger partial charge in [0.05, 0.1) is 31.5 Å². The fraction of sp³-hybridized carbons (Fsp3) is 0.500. The highest BCUT2D eigenvalue weighted by atomic mass is 16.5. The van der Waals surface area contributed by atoms with Crippen molar-refractivity contribution in [3.05, 3.63) is 42.2 Å². The number of methoxy groups -OCH3 is 1. The highest BCUT2D eigenvalue weighted by Crippen LogP contribution is 2.17. The number of aromatic nitrogens is 2. The van der Waals surface area contributed by atoms with Gasteiger partial charge in [-0.1, -0.05) is 19.9 Å². The molecule has 1 atom stereocenters. The van der Waals surface area contributed by atoms with E-state index in [0.717, 1.165) is 30.1 Å². The summed E-state index contributed by atoms with van der Waals surface area (Å²) in [4.78, 5) is 29.0. The molecule has 0 bridgehead atoms. The normalized spacial score (nSPS) is 17.1. The van der Waals surface area contributed by atoms with Crippen molar-refractivity contribution in [2.75, 3.05) is 33.8 Å². The van der Waals surface area contributed by atoms with Crippen LogP contribution in [-0.4, -0.2) is 71.2 Å². The molecule has 3 rings (SSSR count). The number of piperazine rings is 1. The monoisotopic (exact) mass is 413 g/mol. The summed E-state index contributed by atoms with van der Waals surface area (Å²) in [6.45, 7) is 6.90. The number of carbonyl (C=O) groups is 2. The molecule has 1 N–H and O–H groups in total. The lowest BCUT2D eigenvalue weighted by atomic mass is 10.1. The van der Waals surface area contributed by atoms with E-state index in [1.165, 1.54) is 0 Å². The van der Waals surface area contributed by atoms with E-state index in [1.54, 1.807) is 29.9 Å². The minimum atomic E-state index is -0.407. The molecule has 1 aromatic carbocycles. The van der Waals surface area contributed by atoms with Crippen LogP contribution in [0.25, 0.3) is 5.69 Å². The molecular formula is C22H31N5O3. The molecule has 0 aliphatic carbocycles. The number of amides is 2. The first-order chi connectivity index (χ1) is 14.4. The van der Waals surface area contributed by atoms with Crippen LogP contribution in [0.5, 0.6) is 5.75 Å². The summed E-state index contributed by atoms with van der Waals surface area (Å²) >= 11 is 0. The SMILES string of the molecule is COc1cccc(-n2cc(CN(C)C(=O)C[C@H]3C(=O)NCCN3CC(C)C)cn2)c1. The summed E-state index contributed by atoms with van der Waals surface area (Å²) in [5.41, 5.74) is 1.80. The lowest BCUT2D eigenvalue weighted by Crippen LogP contribution is -2.57. The number of rotatable bonds is 8. The zero-order valence-corrected chi connectivity index (χ0v) is 18.2. The van der Waals surface area contributed by atoms with Gasteiger partial charge >= 0.3 is 0 Å². The number of nitrogens with zero attached hydrogens (tertiary/aromatic N) is 4. The minimum Gasteiger partial charge on any atom is -0.497 e. The van der Waals surface area contributed by atoms with Gasteiger partial charge in [-0.25, -0.2) is 4.68 Å². The molecule has 0 radical (unpaired) electrons. The molecule has 1 aliphatic rings. The quantitative estimate of drug-likeness (QED) is 0.712. The Labute approximate surface area is 177 Å². The van der Waals surface area contributed by atoms with E-state index < -0.39 is 6.04 Å². The molecule has 1 fully saturated rings. The minimum absolute atomic E-state index is 0.0556. The van der Waals surface area contributed by atoms with E-state index in [4.69, 9.17) is 4.74 Å². The van der Waals surface area contributed by atoms with Gasteiger partial charge in [0.1, 0.15) is 5.75 Å². The molecule has 1 aliphatic heterocycles. The second kappa shape index (κ2) is 9.75. The average Bonchev–Trinajstić information content (AvgIpc) is 3.18. The van der Waals surface area contributed by atoms with E-state index in [9.17, 15) is 9.59 Å². The molecule has 2 heterocycles. The first-order valence-corrected chi connectivity index (χ1v) is 10.3. The van der Waals surface area contributed by atoms with Crippen LogP contribution < -0.4 is 10.1 Å². The van der Waals surface area contributed by atoms with Crippen molar-refractivity contribution in [1.82, 2.24) is 24.9 Å². The van der Waals surface area contributed by atoms with Gasteiger partial charge in [0, 0.05) is 51.1 Å². The van der Waals surface area contributed by atoms with Crippen molar-refractivity contribution in [1.29, 1.82) is 0 Å². The van der Waals surface area contributed by atoms with E-state index in [2.05, 4.69) is 29.2 Å². The van der Waals surface area contributed by atoms with Gasteiger partial charge < -0.3 is 15.0 Å². The second-order valence-corrected chi connectivity index (χ2v) is 8.14. The van der Waals surface area contributed by atoms with Crippen molar-refractivity contribution in [2.45, 2.75) is 32.9 Å². The molecule has 162 valence electrons. The number of ether oxygens (including phenoxy) is 1. The Balaban J connectivity index is 1.62. The molecule has 0 spiro atoms. The molecule has 2 aromatic rings. The Morgan fingerprint density at radius 1 is 1.40 bits per heavy atom. The van der Waals surface area contributed by atoms with E-state index >= 15 is 0 Å². The Morgan fingerprint density at radius 2 is 2.20 bits per heavy atom. The van der Waals surface area contributed by atoms with Crippen LogP contribution in [0.15, 0.2) is 36.7 Å². The van der Waals surface area contributed by atoms with Gasteiger partial charge in [-0.05, 0) is 18.1 Å². The van der Waals surface area contributed by atoms with Gasteiger partial charge in [-0.15, -0.1) is 0 Å². The average molecular weight is 414 g/mol. The van der Waals surface area contributed by atoms with Gasteiger partial charge in [-0.2, -0.15) is 5.10 Å². The topological polar surface area (TPSA) is 79.7 Å². The fourth-order valence-electron chi connectivity index (χ4n) is 3.69. The Bertz CT molecular complexity index is 879. The zero-order valence-electron chi connectivity index (χ0n) is 18.2. The smallest absolute Gasteiger partial charge is 0.237 e. The highest BCUT2D eigenvalue weighted by molar-refractivity contribution is 5.88. The summed E-state index contributed by atoms with van der Waals surface area (Å²) in [6, 6.07) is 7.22. The van der Waals surface area contributed by atoms with Crippen LogP contribution in [0.2, 0.25) is 0 Å². The third-order valence-corrected chi connectivity index (χ3v) is 5.21. The van der Waals surface area contributed by atoms with Crippen LogP contribution >= 0.6 is 0 Å². The van der Waals surface area contributed by atoms with Crippen LogP contribution in [-0.2, 0) is 16.1 Å². The van der Waals surface area contributed by atoms with E-state index in [1.807, 2.05) is 30.5 Å². The van der Waals surface area contributed by atoms with Crippen molar-refractivity contribution >= 4 is 11.8 Å². The summed E-state index contributed by atoms with van der Waals surface area (Å²) < 4.78 is 7.02. The van der Waals surface area contributed by atoms with Crippen LogP contribution in [0, 0.1) is 5.92 Å². The molecule has 8 heteroatoms. The van der Waals surface area contributed by atoms with Crippen LogP contribution in [0.4, 0.5) is 0 Å². The maximum Gasteiger partial charge on any atom is 0.237 e. The van der Waals surface area contributed by atoms with Crippen molar-refractivity contribution in [3.63, 3.8) is 0 Å². The molecule has 8 nitrogen and oxygen atoms in total. The first-order valence-electron chi connectivity index (χ1n) is 10.3. The maximum absolute atomic E-state index is 12.8. The summed E-state index contributed by atoms with van der Waals surface area (Å²) in [7, 11) is 3.39. The fourth-order valence-corrected chi connectivity index (χ4v) is 3.69. The Hall–Kier alpha value is -2.87. The molecule has 30 heavy (non-hydrogen) atoms. The molecule has 1 aromatic heterocycles. The first kappa shape index (κ1) is 21.8. The number of hydrogen-bond donors (Lipinski definition) is 1. The molecule has 0 unspecified atom stereocenters. The van der Waals surface area contributed by atoms with Gasteiger partial charge in [0.2, 0.25) is 11.8 Å².